The number of fused-ring (bicyclic) bond motifs is 3. The van der Waals surface area contributed by atoms with E-state index >= 15 is 0 Å². The number of rotatable bonds is 4. The minimum absolute atomic E-state index is 0.0168. The van der Waals surface area contributed by atoms with E-state index in [0.29, 0.717) is 23.8 Å². The van der Waals surface area contributed by atoms with Crippen molar-refractivity contribution in [3.8, 4) is 11.5 Å². The van der Waals surface area contributed by atoms with Crippen LogP contribution in [0.5, 0.6) is 11.5 Å². The van der Waals surface area contributed by atoms with Gasteiger partial charge in [0.15, 0.2) is 5.76 Å². The van der Waals surface area contributed by atoms with E-state index in [0.717, 1.165) is 48.6 Å². The van der Waals surface area contributed by atoms with Crippen LogP contribution in [0.3, 0.4) is 0 Å². The molecule has 0 spiro atoms. The molecule has 23 heavy (non-hydrogen) atoms. The first kappa shape index (κ1) is 16.0. The summed E-state index contributed by atoms with van der Waals surface area (Å²) in [6, 6.07) is 1.95. The summed E-state index contributed by atoms with van der Waals surface area (Å²) in [6.45, 7) is 8.63. The van der Waals surface area contributed by atoms with Crippen LogP contribution in [-0.2, 0) is 11.3 Å². The summed E-state index contributed by atoms with van der Waals surface area (Å²) in [5, 5.41) is 0. The van der Waals surface area contributed by atoms with Crippen LogP contribution in [0.25, 0.3) is 0 Å². The highest BCUT2D eigenvalue weighted by molar-refractivity contribution is 6.14. The largest absolute Gasteiger partial charge is 0.478 e. The number of nitrogens with zero attached hydrogens (tertiary/aromatic N) is 1. The van der Waals surface area contributed by atoms with Crippen molar-refractivity contribution in [2.45, 2.75) is 33.7 Å². The lowest BCUT2D eigenvalue weighted by atomic mass is 9.98. The first-order valence-corrected chi connectivity index (χ1v) is 7.93. The fourth-order valence-electron chi connectivity index (χ4n) is 3.07. The monoisotopic (exact) mass is 317 g/mol. The topological polar surface area (TPSA) is 48.0 Å². The second kappa shape index (κ2) is 6.34. The molecule has 0 aliphatic carbocycles. The molecule has 2 heterocycles. The van der Waals surface area contributed by atoms with E-state index in [1.165, 1.54) is 0 Å². The minimum Gasteiger partial charge on any atom is -0.478 e. The summed E-state index contributed by atoms with van der Waals surface area (Å²) in [7, 11) is 1.71. The van der Waals surface area contributed by atoms with E-state index in [4.69, 9.17) is 14.2 Å². The van der Waals surface area contributed by atoms with Crippen LogP contribution >= 0.6 is 0 Å². The van der Waals surface area contributed by atoms with Gasteiger partial charge in [-0.05, 0) is 44.4 Å². The third-order valence-electron chi connectivity index (χ3n) is 4.24. The third-order valence-corrected chi connectivity index (χ3v) is 4.24. The van der Waals surface area contributed by atoms with Crippen LogP contribution in [0.15, 0.2) is 17.4 Å². The predicted octanol–water partition coefficient (Wildman–Crippen LogP) is 3.05. The van der Waals surface area contributed by atoms with Crippen LogP contribution in [0.1, 0.15) is 41.8 Å². The number of Topliss-reactive ketones (excluding diaryl/α,β-unsaturated/α-hetero) is 1. The quantitative estimate of drug-likeness (QED) is 0.631. The number of ether oxygens (including phenoxy) is 3. The molecule has 0 N–H and O–H groups in total. The number of aryl methyl sites for hydroxylation is 1. The highest BCUT2D eigenvalue weighted by Crippen LogP contribution is 2.44. The summed E-state index contributed by atoms with van der Waals surface area (Å²) < 4.78 is 16.9. The van der Waals surface area contributed by atoms with Crippen molar-refractivity contribution in [2.24, 2.45) is 0 Å². The van der Waals surface area contributed by atoms with E-state index in [2.05, 4.69) is 4.90 Å². The predicted molar refractivity (Wildman–Crippen MR) is 86.9 cm³/mol. The molecule has 0 fully saturated rings. The Kier molecular flexibility index (Phi) is 4.41. The second-order valence-corrected chi connectivity index (χ2v) is 6.31. The average Bonchev–Trinajstić information content (AvgIpc) is 2.87. The Morgan fingerprint density at radius 2 is 2.17 bits per heavy atom. The van der Waals surface area contributed by atoms with Crippen molar-refractivity contribution < 1.29 is 19.0 Å². The molecule has 5 nitrogen and oxygen atoms in total. The van der Waals surface area contributed by atoms with Crippen molar-refractivity contribution in [1.29, 1.82) is 0 Å². The standard InChI is InChI=1S/C18H23NO4/c1-11(2)17-16(20)15-12(3)8-14-13(18(15)23-17)9-19(10-22-14)6-5-7-21-4/h8H,5-7,9-10H2,1-4H3. The first-order valence-electron chi connectivity index (χ1n) is 7.93. The number of hydrogen-bond acceptors (Lipinski definition) is 5. The van der Waals surface area contributed by atoms with Gasteiger partial charge in [-0.3, -0.25) is 9.69 Å². The highest BCUT2D eigenvalue weighted by atomic mass is 16.5. The van der Waals surface area contributed by atoms with Gasteiger partial charge in [0.1, 0.15) is 18.2 Å². The van der Waals surface area contributed by atoms with Crippen LogP contribution in [0.4, 0.5) is 0 Å². The summed E-state index contributed by atoms with van der Waals surface area (Å²) in [5.41, 5.74) is 3.46. The summed E-state index contributed by atoms with van der Waals surface area (Å²) in [5.74, 6) is 1.94. The van der Waals surface area contributed by atoms with Gasteiger partial charge in [-0.1, -0.05) is 0 Å². The Balaban J connectivity index is 1.93. The lowest BCUT2D eigenvalue weighted by Crippen LogP contribution is -2.33. The van der Waals surface area contributed by atoms with Crippen molar-refractivity contribution in [2.75, 3.05) is 27.0 Å². The molecule has 0 amide bonds. The SMILES string of the molecule is COCCCN1COc2cc(C)c3c(c2C1)OC(=C(C)C)C3=O. The number of ketones is 1. The number of carbonyl (C=O) groups excluding carboxylic acids is 1. The zero-order valence-electron chi connectivity index (χ0n) is 14.2. The molecule has 2 aliphatic rings. The molecular formula is C18H23NO4. The Morgan fingerprint density at radius 1 is 1.39 bits per heavy atom. The fraction of sp³-hybridized carbons (Fsp3) is 0.500. The van der Waals surface area contributed by atoms with Gasteiger partial charge in [-0.25, -0.2) is 0 Å². The third kappa shape index (κ3) is 2.86. The Labute approximate surface area is 136 Å². The smallest absolute Gasteiger partial charge is 0.232 e. The van der Waals surface area contributed by atoms with Gasteiger partial charge in [0.2, 0.25) is 5.78 Å². The molecule has 1 aromatic rings. The van der Waals surface area contributed by atoms with Gasteiger partial charge in [-0.15, -0.1) is 0 Å². The Morgan fingerprint density at radius 3 is 2.87 bits per heavy atom. The molecule has 0 aromatic heterocycles. The molecule has 124 valence electrons. The van der Waals surface area contributed by atoms with Gasteiger partial charge in [-0.2, -0.15) is 0 Å². The van der Waals surface area contributed by atoms with E-state index in [1.807, 2.05) is 26.8 Å². The zero-order valence-corrected chi connectivity index (χ0v) is 14.2. The molecule has 2 aliphatic heterocycles. The van der Waals surface area contributed by atoms with Crippen LogP contribution in [0, 0.1) is 6.92 Å². The molecule has 0 atom stereocenters. The van der Waals surface area contributed by atoms with E-state index in [9.17, 15) is 4.79 Å². The number of hydrogen-bond donors (Lipinski definition) is 0. The number of benzene rings is 1. The van der Waals surface area contributed by atoms with E-state index in [1.54, 1.807) is 7.11 Å². The molecule has 3 rings (SSSR count). The van der Waals surface area contributed by atoms with Gasteiger partial charge >= 0.3 is 0 Å². The summed E-state index contributed by atoms with van der Waals surface area (Å²) in [6.07, 6.45) is 0.947. The lowest BCUT2D eigenvalue weighted by molar-refractivity contribution is 0.0822. The second-order valence-electron chi connectivity index (χ2n) is 6.31. The number of carbonyl (C=O) groups is 1. The Bertz CT molecular complexity index is 674. The fourth-order valence-corrected chi connectivity index (χ4v) is 3.07. The van der Waals surface area contributed by atoms with Crippen molar-refractivity contribution in [3.63, 3.8) is 0 Å². The zero-order chi connectivity index (χ0) is 16.6. The number of allylic oxidation sites excluding steroid dienone is 2. The molecule has 0 saturated carbocycles. The lowest BCUT2D eigenvalue weighted by Gasteiger charge is -2.30. The van der Waals surface area contributed by atoms with Gasteiger partial charge < -0.3 is 14.2 Å². The van der Waals surface area contributed by atoms with Crippen LogP contribution < -0.4 is 9.47 Å². The molecule has 0 unspecified atom stereocenters. The molecular weight excluding hydrogens is 294 g/mol. The van der Waals surface area contributed by atoms with E-state index in [-0.39, 0.29) is 5.78 Å². The summed E-state index contributed by atoms with van der Waals surface area (Å²) >= 11 is 0. The average molecular weight is 317 g/mol. The molecule has 0 saturated heterocycles. The van der Waals surface area contributed by atoms with Gasteiger partial charge in [0.05, 0.1) is 11.1 Å². The number of methoxy groups -OCH3 is 1. The molecule has 0 radical (unpaired) electrons. The van der Waals surface area contributed by atoms with E-state index < -0.39 is 0 Å². The normalized spacial score (nSPS) is 16.7. The highest BCUT2D eigenvalue weighted by Gasteiger charge is 2.35. The maximum Gasteiger partial charge on any atom is 0.232 e. The Hall–Kier alpha value is -1.85. The van der Waals surface area contributed by atoms with Gasteiger partial charge in [0.25, 0.3) is 0 Å². The van der Waals surface area contributed by atoms with Crippen LogP contribution in [0.2, 0.25) is 0 Å². The minimum atomic E-state index is -0.0168. The summed E-state index contributed by atoms with van der Waals surface area (Å²) in [4.78, 5) is 14.8. The van der Waals surface area contributed by atoms with Crippen molar-refractivity contribution >= 4 is 5.78 Å². The molecule has 0 bridgehead atoms. The van der Waals surface area contributed by atoms with Crippen molar-refractivity contribution in [3.05, 3.63) is 34.1 Å². The van der Waals surface area contributed by atoms with Gasteiger partial charge in [0, 0.05) is 26.8 Å². The van der Waals surface area contributed by atoms with Crippen molar-refractivity contribution in [1.82, 2.24) is 4.90 Å². The maximum atomic E-state index is 12.6. The first-order chi connectivity index (χ1) is 11.0. The molecule has 5 heteroatoms. The molecule has 1 aromatic carbocycles. The maximum absolute atomic E-state index is 12.6. The van der Waals surface area contributed by atoms with Crippen LogP contribution in [-0.4, -0.2) is 37.7 Å².